The summed E-state index contributed by atoms with van der Waals surface area (Å²) in [7, 11) is 0. The lowest BCUT2D eigenvalue weighted by Gasteiger charge is -2.07. The highest BCUT2D eigenvalue weighted by molar-refractivity contribution is 5.40. The first kappa shape index (κ1) is 13.2. The van der Waals surface area contributed by atoms with E-state index in [1.54, 1.807) is 0 Å². The van der Waals surface area contributed by atoms with Crippen LogP contribution in [0.3, 0.4) is 0 Å². The van der Waals surface area contributed by atoms with E-state index in [4.69, 9.17) is 4.52 Å². The lowest BCUT2D eigenvalue weighted by atomic mass is 10.4. The fraction of sp³-hybridized carbons (Fsp3) is 0.455. The molecule has 0 saturated carbocycles. The SMILES string of the molecule is CCCNc1ncc(F)c(NCCc2ncno2)n1. The van der Waals surface area contributed by atoms with E-state index in [2.05, 4.69) is 30.7 Å². The largest absolute Gasteiger partial charge is 0.367 e. The van der Waals surface area contributed by atoms with E-state index in [0.29, 0.717) is 24.8 Å². The van der Waals surface area contributed by atoms with Gasteiger partial charge in [-0.25, -0.2) is 9.37 Å². The Hall–Kier alpha value is -2.25. The molecule has 0 fully saturated rings. The standard InChI is InChI=1S/C11H15FN6O/c1-2-4-14-11-15-6-8(12)10(18-11)13-5-3-9-16-7-17-19-9/h6-7H,2-5H2,1H3,(H2,13,14,15,18). The Morgan fingerprint density at radius 1 is 1.26 bits per heavy atom. The third kappa shape index (κ3) is 3.87. The molecule has 2 N–H and O–H groups in total. The van der Waals surface area contributed by atoms with Gasteiger partial charge in [0.25, 0.3) is 0 Å². The van der Waals surface area contributed by atoms with Crippen LogP contribution in [0, 0.1) is 5.82 Å². The fourth-order valence-corrected chi connectivity index (χ4v) is 1.41. The number of nitrogens with one attached hydrogen (secondary N) is 2. The molecule has 19 heavy (non-hydrogen) atoms. The number of hydrogen-bond donors (Lipinski definition) is 2. The summed E-state index contributed by atoms with van der Waals surface area (Å²) < 4.78 is 18.3. The van der Waals surface area contributed by atoms with Gasteiger partial charge in [0.05, 0.1) is 6.20 Å². The zero-order valence-corrected chi connectivity index (χ0v) is 10.6. The van der Waals surface area contributed by atoms with Crippen molar-refractivity contribution in [2.75, 3.05) is 23.7 Å². The average Bonchev–Trinajstić information content (AvgIpc) is 2.92. The normalized spacial score (nSPS) is 10.4. The molecule has 0 bridgehead atoms. The highest BCUT2D eigenvalue weighted by Gasteiger charge is 2.07. The van der Waals surface area contributed by atoms with Crippen LogP contribution in [0.2, 0.25) is 0 Å². The molecule has 0 aliphatic carbocycles. The summed E-state index contributed by atoms with van der Waals surface area (Å²) in [4.78, 5) is 11.8. The minimum atomic E-state index is -0.493. The summed E-state index contributed by atoms with van der Waals surface area (Å²) in [5.41, 5.74) is 0. The van der Waals surface area contributed by atoms with Crippen molar-refractivity contribution in [2.45, 2.75) is 19.8 Å². The zero-order valence-electron chi connectivity index (χ0n) is 10.6. The van der Waals surface area contributed by atoms with Gasteiger partial charge in [0.15, 0.2) is 18.0 Å². The minimum Gasteiger partial charge on any atom is -0.367 e. The molecule has 0 aliphatic rings. The second kappa shape index (κ2) is 6.62. The Kier molecular flexibility index (Phi) is 4.60. The van der Waals surface area contributed by atoms with Gasteiger partial charge in [-0.15, -0.1) is 0 Å². The van der Waals surface area contributed by atoms with Crippen LogP contribution in [-0.2, 0) is 6.42 Å². The van der Waals surface area contributed by atoms with Crippen molar-refractivity contribution in [3.05, 3.63) is 24.2 Å². The lowest BCUT2D eigenvalue weighted by molar-refractivity contribution is 0.379. The maximum atomic E-state index is 13.5. The van der Waals surface area contributed by atoms with Crippen molar-refractivity contribution < 1.29 is 8.91 Å². The molecule has 7 nitrogen and oxygen atoms in total. The Labute approximate surface area is 109 Å². The van der Waals surface area contributed by atoms with E-state index in [1.165, 1.54) is 6.33 Å². The average molecular weight is 266 g/mol. The Morgan fingerprint density at radius 3 is 2.89 bits per heavy atom. The molecule has 2 heterocycles. The van der Waals surface area contributed by atoms with Gasteiger partial charge < -0.3 is 15.2 Å². The number of halogens is 1. The van der Waals surface area contributed by atoms with Crippen LogP contribution in [0.25, 0.3) is 0 Å². The number of rotatable bonds is 7. The van der Waals surface area contributed by atoms with Gasteiger partial charge in [-0.05, 0) is 6.42 Å². The Balaban J connectivity index is 1.90. The number of anilines is 2. The van der Waals surface area contributed by atoms with Crippen molar-refractivity contribution in [3.63, 3.8) is 0 Å². The first-order valence-corrected chi connectivity index (χ1v) is 6.05. The van der Waals surface area contributed by atoms with Crippen molar-refractivity contribution >= 4 is 11.8 Å². The van der Waals surface area contributed by atoms with Gasteiger partial charge >= 0.3 is 0 Å². The molecule has 0 amide bonds. The maximum Gasteiger partial charge on any atom is 0.228 e. The molecular formula is C11H15FN6O. The van der Waals surface area contributed by atoms with Crippen LogP contribution in [0.15, 0.2) is 17.0 Å². The van der Waals surface area contributed by atoms with Crippen LogP contribution in [0.5, 0.6) is 0 Å². The van der Waals surface area contributed by atoms with E-state index in [0.717, 1.165) is 19.2 Å². The van der Waals surface area contributed by atoms with Crippen LogP contribution in [0.4, 0.5) is 16.2 Å². The zero-order chi connectivity index (χ0) is 13.5. The predicted octanol–water partition coefficient (Wildman–Crippen LogP) is 1.48. The first-order valence-electron chi connectivity index (χ1n) is 6.05. The van der Waals surface area contributed by atoms with Crippen LogP contribution in [0.1, 0.15) is 19.2 Å². The number of nitrogens with zero attached hydrogens (tertiary/aromatic N) is 4. The smallest absolute Gasteiger partial charge is 0.228 e. The van der Waals surface area contributed by atoms with Crippen molar-refractivity contribution in [3.8, 4) is 0 Å². The molecule has 0 aromatic carbocycles. The summed E-state index contributed by atoms with van der Waals surface area (Å²) in [6.07, 6.45) is 3.91. The molecule has 8 heteroatoms. The van der Waals surface area contributed by atoms with Gasteiger partial charge in [-0.3, -0.25) is 0 Å². The molecule has 0 atom stereocenters. The lowest BCUT2D eigenvalue weighted by Crippen LogP contribution is -2.11. The van der Waals surface area contributed by atoms with Gasteiger partial charge in [-0.2, -0.15) is 9.97 Å². The van der Waals surface area contributed by atoms with Gasteiger partial charge in [0.1, 0.15) is 0 Å². The summed E-state index contributed by atoms with van der Waals surface area (Å²) in [6.45, 7) is 3.22. The summed E-state index contributed by atoms with van der Waals surface area (Å²) in [5.74, 6) is 0.565. The third-order valence-electron chi connectivity index (χ3n) is 2.32. The summed E-state index contributed by atoms with van der Waals surface area (Å²) in [5, 5.41) is 9.36. The van der Waals surface area contributed by atoms with Crippen LogP contribution >= 0.6 is 0 Å². The molecule has 102 valence electrons. The molecule has 0 unspecified atom stereocenters. The minimum absolute atomic E-state index is 0.160. The topological polar surface area (TPSA) is 88.8 Å². The number of aromatic nitrogens is 4. The molecule has 2 rings (SSSR count). The Bertz CT molecular complexity index is 504. The van der Waals surface area contributed by atoms with Crippen LogP contribution < -0.4 is 10.6 Å². The highest BCUT2D eigenvalue weighted by Crippen LogP contribution is 2.11. The van der Waals surface area contributed by atoms with Gasteiger partial charge in [0, 0.05) is 19.5 Å². The molecule has 0 saturated heterocycles. The van der Waals surface area contributed by atoms with Crippen molar-refractivity contribution in [2.24, 2.45) is 0 Å². The predicted molar refractivity (Wildman–Crippen MR) is 67.3 cm³/mol. The molecule has 0 aliphatic heterocycles. The summed E-state index contributed by atoms with van der Waals surface area (Å²) in [6, 6.07) is 0. The molecular weight excluding hydrogens is 251 g/mol. The second-order valence-corrected chi connectivity index (χ2v) is 3.83. The van der Waals surface area contributed by atoms with E-state index in [-0.39, 0.29) is 5.82 Å². The van der Waals surface area contributed by atoms with E-state index < -0.39 is 5.82 Å². The monoisotopic (exact) mass is 266 g/mol. The maximum absolute atomic E-state index is 13.5. The van der Waals surface area contributed by atoms with E-state index in [9.17, 15) is 4.39 Å². The van der Waals surface area contributed by atoms with E-state index in [1.807, 2.05) is 6.92 Å². The van der Waals surface area contributed by atoms with E-state index >= 15 is 0 Å². The quantitative estimate of drug-likeness (QED) is 0.784. The molecule has 2 aromatic heterocycles. The fourth-order valence-electron chi connectivity index (χ4n) is 1.41. The number of hydrogen-bond acceptors (Lipinski definition) is 7. The van der Waals surface area contributed by atoms with Gasteiger partial charge in [0.2, 0.25) is 11.8 Å². The van der Waals surface area contributed by atoms with Gasteiger partial charge in [-0.1, -0.05) is 12.1 Å². The van der Waals surface area contributed by atoms with Crippen molar-refractivity contribution in [1.82, 2.24) is 20.1 Å². The third-order valence-corrected chi connectivity index (χ3v) is 2.32. The summed E-state index contributed by atoms with van der Waals surface area (Å²) >= 11 is 0. The van der Waals surface area contributed by atoms with Crippen molar-refractivity contribution in [1.29, 1.82) is 0 Å². The van der Waals surface area contributed by atoms with Crippen LogP contribution in [-0.4, -0.2) is 33.2 Å². The first-order chi connectivity index (χ1) is 9.29. The molecule has 0 spiro atoms. The molecule has 0 radical (unpaired) electrons. The Morgan fingerprint density at radius 2 is 2.16 bits per heavy atom. The second-order valence-electron chi connectivity index (χ2n) is 3.83. The molecule has 2 aromatic rings. The highest BCUT2D eigenvalue weighted by atomic mass is 19.1.